The Morgan fingerprint density at radius 2 is 2.00 bits per heavy atom. The Bertz CT molecular complexity index is 608. The summed E-state index contributed by atoms with van der Waals surface area (Å²) in [4.78, 5) is 4.49. The first kappa shape index (κ1) is 13.2. The molecule has 1 aliphatic rings. The third-order valence-corrected chi connectivity index (χ3v) is 3.33. The molecule has 0 spiro atoms. The van der Waals surface area contributed by atoms with Crippen molar-refractivity contribution < 1.29 is 14.2 Å². The van der Waals surface area contributed by atoms with E-state index in [9.17, 15) is 0 Å². The van der Waals surface area contributed by atoms with E-state index in [2.05, 4.69) is 4.98 Å². The van der Waals surface area contributed by atoms with Crippen molar-refractivity contribution in [2.75, 3.05) is 20.3 Å². The summed E-state index contributed by atoms with van der Waals surface area (Å²) in [5.74, 6) is 1.45. The summed E-state index contributed by atoms with van der Waals surface area (Å²) in [6, 6.07) is 7.93. The molecule has 0 atom stereocenters. The number of aryl methyl sites for hydroxylation is 1. The molecule has 0 amide bonds. The highest BCUT2D eigenvalue weighted by atomic mass is 16.5. The van der Waals surface area contributed by atoms with E-state index in [0.717, 1.165) is 22.3 Å². The number of fused-ring (bicyclic) bond motifs is 1. The van der Waals surface area contributed by atoms with E-state index < -0.39 is 0 Å². The highest BCUT2D eigenvalue weighted by Gasteiger charge is 2.21. The molecule has 0 unspecified atom stereocenters. The van der Waals surface area contributed by atoms with Gasteiger partial charge in [-0.05, 0) is 31.9 Å². The van der Waals surface area contributed by atoms with E-state index in [-0.39, 0.29) is 0 Å². The maximum Gasteiger partial charge on any atom is 0.162 e. The van der Waals surface area contributed by atoms with Gasteiger partial charge < -0.3 is 14.2 Å². The molecule has 0 radical (unpaired) electrons. The number of hydrogen-bond acceptors (Lipinski definition) is 4. The van der Waals surface area contributed by atoms with Crippen LogP contribution in [0.1, 0.15) is 18.5 Å². The third-order valence-electron chi connectivity index (χ3n) is 3.33. The van der Waals surface area contributed by atoms with E-state index >= 15 is 0 Å². The molecule has 1 aliphatic carbocycles. The molecular formula is C16H19NO3. The zero-order chi connectivity index (χ0) is 13.9. The molecule has 1 aromatic heterocycles. The van der Waals surface area contributed by atoms with Gasteiger partial charge in [-0.15, -0.1) is 0 Å². The molecule has 4 heteroatoms. The maximum atomic E-state index is 5.77. The third kappa shape index (κ3) is 3.02. The SMILES string of the molecule is COc1cc2nc(C)ccc2cc1OCCOC1CC1. The number of rotatable bonds is 6. The number of methoxy groups -OCH3 is 1. The van der Waals surface area contributed by atoms with Crippen molar-refractivity contribution in [1.82, 2.24) is 4.98 Å². The molecule has 0 aliphatic heterocycles. The Hall–Kier alpha value is -1.81. The van der Waals surface area contributed by atoms with Gasteiger partial charge in [-0.2, -0.15) is 0 Å². The van der Waals surface area contributed by atoms with Gasteiger partial charge in [0.05, 0.1) is 25.3 Å². The fraction of sp³-hybridized carbons (Fsp3) is 0.438. The molecule has 106 valence electrons. The van der Waals surface area contributed by atoms with Crippen molar-refractivity contribution >= 4 is 10.9 Å². The quantitative estimate of drug-likeness (QED) is 0.758. The lowest BCUT2D eigenvalue weighted by molar-refractivity contribution is 0.0872. The highest BCUT2D eigenvalue weighted by Crippen LogP contribution is 2.32. The lowest BCUT2D eigenvalue weighted by Gasteiger charge is -2.12. The number of nitrogens with zero attached hydrogens (tertiary/aromatic N) is 1. The Labute approximate surface area is 118 Å². The van der Waals surface area contributed by atoms with Crippen molar-refractivity contribution in [3.05, 3.63) is 30.0 Å². The van der Waals surface area contributed by atoms with Crippen molar-refractivity contribution in [3.63, 3.8) is 0 Å². The largest absolute Gasteiger partial charge is 0.493 e. The van der Waals surface area contributed by atoms with E-state index in [1.165, 1.54) is 12.8 Å². The van der Waals surface area contributed by atoms with Gasteiger partial charge >= 0.3 is 0 Å². The van der Waals surface area contributed by atoms with Crippen LogP contribution in [0.25, 0.3) is 10.9 Å². The van der Waals surface area contributed by atoms with Gasteiger partial charge in [0.1, 0.15) is 6.61 Å². The van der Waals surface area contributed by atoms with Crippen LogP contribution in [0.3, 0.4) is 0 Å². The fourth-order valence-electron chi connectivity index (χ4n) is 2.11. The second-order valence-corrected chi connectivity index (χ2v) is 5.07. The highest BCUT2D eigenvalue weighted by molar-refractivity contribution is 5.82. The summed E-state index contributed by atoms with van der Waals surface area (Å²) in [7, 11) is 1.64. The standard InChI is InChI=1S/C16H19NO3/c1-11-3-4-12-9-16(15(18-2)10-14(12)17-11)20-8-7-19-13-5-6-13/h3-4,9-10,13H,5-8H2,1-2H3. The minimum absolute atomic E-state index is 0.462. The van der Waals surface area contributed by atoms with E-state index in [0.29, 0.717) is 25.1 Å². The smallest absolute Gasteiger partial charge is 0.162 e. The zero-order valence-electron chi connectivity index (χ0n) is 11.9. The topological polar surface area (TPSA) is 40.6 Å². The Kier molecular flexibility index (Phi) is 3.74. The predicted octanol–water partition coefficient (Wildman–Crippen LogP) is 3.11. The van der Waals surface area contributed by atoms with Gasteiger partial charge in [-0.25, -0.2) is 0 Å². The van der Waals surface area contributed by atoms with Crippen molar-refractivity contribution in [3.8, 4) is 11.5 Å². The number of pyridine rings is 1. The number of ether oxygens (including phenoxy) is 3. The molecule has 4 nitrogen and oxygen atoms in total. The molecule has 1 aromatic carbocycles. The summed E-state index contributed by atoms with van der Waals surface area (Å²) in [5, 5.41) is 1.05. The predicted molar refractivity (Wildman–Crippen MR) is 77.5 cm³/mol. The summed E-state index contributed by atoms with van der Waals surface area (Å²) in [6.07, 6.45) is 2.83. The molecule has 1 saturated carbocycles. The fourth-order valence-corrected chi connectivity index (χ4v) is 2.11. The lowest BCUT2D eigenvalue weighted by Crippen LogP contribution is -2.08. The molecule has 1 fully saturated rings. The average Bonchev–Trinajstić information content (AvgIpc) is 3.27. The Morgan fingerprint density at radius 1 is 1.15 bits per heavy atom. The van der Waals surface area contributed by atoms with Crippen LogP contribution in [-0.2, 0) is 4.74 Å². The molecule has 20 heavy (non-hydrogen) atoms. The normalized spacial score (nSPS) is 14.5. The Balaban J connectivity index is 1.75. The average molecular weight is 273 g/mol. The second-order valence-electron chi connectivity index (χ2n) is 5.07. The van der Waals surface area contributed by atoms with E-state index in [4.69, 9.17) is 14.2 Å². The van der Waals surface area contributed by atoms with Gasteiger partial charge in [0.25, 0.3) is 0 Å². The van der Waals surface area contributed by atoms with Gasteiger partial charge in [0.2, 0.25) is 0 Å². The zero-order valence-corrected chi connectivity index (χ0v) is 11.9. The van der Waals surface area contributed by atoms with Crippen LogP contribution < -0.4 is 9.47 Å². The molecule has 0 saturated heterocycles. The maximum absolute atomic E-state index is 5.77. The number of hydrogen-bond donors (Lipinski definition) is 0. The van der Waals surface area contributed by atoms with Crippen molar-refractivity contribution in [2.24, 2.45) is 0 Å². The molecule has 0 bridgehead atoms. The van der Waals surface area contributed by atoms with Gasteiger partial charge in [-0.3, -0.25) is 4.98 Å². The van der Waals surface area contributed by atoms with Crippen LogP contribution in [0.2, 0.25) is 0 Å². The first-order valence-electron chi connectivity index (χ1n) is 6.96. The number of benzene rings is 1. The van der Waals surface area contributed by atoms with Crippen LogP contribution in [0.15, 0.2) is 24.3 Å². The number of aromatic nitrogens is 1. The van der Waals surface area contributed by atoms with Gasteiger partial charge in [0.15, 0.2) is 11.5 Å². The minimum Gasteiger partial charge on any atom is -0.493 e. The van der Waals surface area contributed by atoms with Gasteiger partial charge in [0, 0.05) is 17.1 Å². The molecule has 2 aromatic rings. The van der Waals surface area contributed by atoms with Crippen molar-refractivity contribution in [1.29, 1.82) is 0 Å². The first-order chi connectivity index (χ1) is 9.76. The second kappa shape index (κ2) is 5.67. The van der Waals surface area contributed by atoms with E-state index in [1.54, 1.807) is 7.11 Å². The van der Waals surface area contributed by atoms with Crippen LogP contribution in [0, 0.1) is 6.92 Å². The summed E-state index contributed by atoms with van der Waals surface area (Å²) in [5.41, 5.74) is 1.91. The van der Waals surface area contributed by atoms with E-state index in [1.807, 2.05) is 31.2 Å². The summed E-state index contributed by atoms with van der Waals surface area (Å²) in [6.45, 7) is 3.14. The molecule has 3 rings (SSSR count). The minimum atomic E-state index is 0.462. The van der Waals surface area contributed by atoms with Crippen molar-refractivity contribution in [2.45, 2.75) is 25.9 Å². The molecule has 1 heterocycles. The molecule has 0 N–H and O–H groups in total. The van der Waals surface area contributed by atoms with Crippen LogP contribution in [-0.4, -0.2) is 31.4 Å². The summed E-state index contributed by atoms with van der Waals surface area (Å²) >= 11 is 0. The first-order valence-corrected chi connectivity index (χ1v) is 6.96. The molecular weight excluding hydrogens is 254 g/mol. The monoisotopic (exact) mass is 273 g/mol. The Morgan fingerprint density at radius 3 is 2.75 bits per heavy atom. The van der Waals surface area contributed by atoms with Gasteiger partial charge in [-0.1, -0.05) is 6.07 Å². The van der Waals surface area contributed by atoms with Crippen LogP contribution in [0.4, 0.5) is 0 Å². The summed E-state index contributed by atoms with van der Waals surface area (Å²) < 4.78 is 16.7. The lowest BCUT2D eigenvalue weighted by atomic mass is 10.2. The van der Waals surface area contributed by atoms with Crippen LogP contribution in [0.5, 0.6) is 11.5 Å². The van der Waals surface area contributed by atoms with Crippen LogP contribution >= 0.6 is 0 Å².